The highest BCUT2D eigenvalue weighted by Crippen LogP contribution is 1.95. The number of nitrogens with two attached hydrogens (primary N) is 1. The first-order valence-electron chi connectivity index (χ1n) is 2.37. The number of guanidine groups is 1. The summed E-state index contributed by atoms with van der Waals surface area (Å²) < 4.78 is 0. The van der Waals surface area contributed by atoms with Crippen LogP contribution < -0.4 is 5.73 Å². The standard InChI is InChI=1S/C5H9N3S/c1-3-7-5(6)8-4(2)9/h3,9H,2H2,1H3,(H2,6,8). The van der Waals surface area contributed by atoms with Crippen LogP contribution in [0.5, 0.6) is 0 Å². The van der Waals surface area contributed by atoms with Crippen LogP contribution in [0.2, 0.25) is 0 Å². The lowest BCUT2D eigenvalue weighted by atomic mass is 10.8. The maximum Gasteiger partial charge on any atom is 0.220 e. The average molecular weight is 143 g/mol. The lowest BCUT2D eigenvalue weighted by Gasteiger charge is -1.87. The molecule has 0 aliphatic rings. The highest BCUT2D eigenvalue weighted by molar-refractivity contribution is 7.84. The van der Waals surface area contributed by atoms with Crippen molar-refractivity contribution < 1.29 is 0 Å². The Morgan fingerprint density at radius 1 is 1.78 bits per heavy atom. The fraction of sp³-hybridized carbons (Fsp3) is 0.200. The molecule has 0 aromatic heterocycles. The number of rotatable bonds is 1. The van der Waals surface area contributed by atoms with E-state index in [9.17, 15) is 0 Å². The van der Waals surface area contributed by atoms with Crippen LogP contribution >= 0.6 is 12.6 Å². The van der Waals surface area contributed by atoms with Gasteiger partial charge in [-0.1, -0.05) is 6.58 Å². The van der Waals surface area contributed by atoms with Crippen molar-refractivity contribution in [2.45, 2.75) is 6.92 Å². The van der Waals surface area contributed by atoms with E-state index in [0.717, 1.165) is 0 Å². The second-order valence-corrected chi connectivity index (χ2v) is 1.79. The van der Waals surface area contributed by atoms with E-state index in [-0.39, 0.29) is 5.96 Å². The highest BCUT2D eigenvalue weighted by atomic mass is 32.1. The van der Waals surface area contributed by atoms with Gasteiger partial charge in [-0.2, -0.15) is 0 Å². The molecule has 0 aromatic rings. The number of hydrogen-bond acceptors (Lipinski definition) is 2. The number of thiol groups is 1. The van der Waals surface area contributed by atoms with Gasteiger partial charge in [0.15, 0.2) is 0 Å². The van der Waals surface area contributed by atoms with Gasteiger partial charge in [0.1, 0.15) is 0 Å². The zero-order valence-corrected chi connectivity index (χ0v) is 6.10. The molecule has 2 N–H and O–H groups in total. The third-order valence-corrected chi connectivity index (χ3v) is 0.605. The molecule has 0 amide bonds. The maximum atomic E-state index is 5.23. The summed E-state index contributed by atoms with van der Waals surface area (Å²) >= 11 is 3.79. The van der Waals surface area contributed by atoms with Crippen LogP contribution in [0.15, 0.2) is 21.6 Å². The van der Waals surface area contributed by atoms with Gasteiger partial charge in [-0.25, -0.2) is 9.98 Å². The second-order valence-electron chi connectivity index (χ2n) is 1.27. The Morgan fingerprint density at radius 3 is 2.67 bits per heavy atom. The van der Waals surface area contributed by atoms with E-state index >= 15 is 0 Å². The summed E-state index contributed by atoms with van der Waals surface area (Å²) in [6.45, 7) is 5.15. The molecule has 0 aliphatic carbocycles. The van der Waals surface area contributed by atoms with Crippen LogP contribution in [0.3, 0.4) is 0 Å². The quantitative estimate of drug-likeness (QED) is 0.318. The predicted molar refractivity (Wildman–Crippen MR) is 43.9 cm³/mol. The third-order valence-electron chi connectivity index (χ3n) is 0.505. The van der Waals surface area contributed by atoms with Gasteiger partial charge in [-0.05, 0) is 6.92 Å². The van der Waals surface area contributed by atoms with Crippen LogP contribution in [0, 0.1) is 0 Å². The van der Waals surface area contributed by atoms with Gasteiger partial charge in [-0.3, -0.25) is 0 Å². The van der Waals surface area contributed by atoms with Crippen LogP contribution in [-0.2, 0) is 0 Å². The molecular weight excluding hydrogens is 134 g/mol. The monoisotopic (exact) mass is 143 g/mol. The number of aliphatic imine (C=N–C) groups is 2. The van der Waals surface area contributed by atoms with Crippen molar-refractivity contribution in [3.8, 4) is 0 Å². The molecule has 0 saturated carbocycles. The summed E-state index contributed by atoms with van der Waals surface area (Å²) in [6.07, 6.45) is 1.55. The first-order chi connectivity index (χ1) is 4.16. The van der Waals surface area contributed by atoms with Gasteiger partial charge >= 0.3 is 0 Å². The van der Waals surface area contributed by atoms with Crippen LogP contribution in [0.25, 0.3) is 0 Å². The Hall–Kier alpha value is -0.770. The molecule has 3 nitrogen and oxygen atoms in total. The van der Waals surface area contributed by atoms with Gasteiger partial charge in [0.25, 0.3) is 0 Å². The highest BCUT2D eigenvalue weighted by Gasteiger charge is 1.82. The van der Waals surface area contributed by atoms with Crippen LogP contribution in [-0.4, -0.2) is 12.2 Å². The Morgan fingerprint density at radius 2 is 2.33 bits per heavy atom. The fourth-order valence-corrected chi connectivity index (χ4v) is 0.396. The molecule has 0 unspecified atom stereocenters. The zero-order chi connectivity index (χ0) is 7.28. The van der Waals surface area contributed by atoms with Crippen LogP contribution in [0.1, 0.15) is 6.92 Å². The molecule has 4 heteroatoms. The summed E-state index contributed by atoms with van der Waals surface area (Å²) in [7, 11) is 0. The topological polar surface area (TPSA) is 50.7 Å². The van der Waals surface area contributed by atoms with E-state index in [4.69, 9.17) is 5.73 Å². The van der Waals surface area contributed by atoms with Gasteiger partial charge < -0.3 is 5.73 Å². The van der Waals surface area contributed by atoms with Crippen molar-refractivity contribution in [1.29, 1.82) is 0 Å². The Bertz CT molecular complexity index is 160. The van der Waals surface area contributed by atoms with Gasteiger partial charge in [0, 0.05) is 6.21 Å². The Kier molecular flexibility index (Phi) is 3.79. The van der Waals surface area contributed by atoms with Crippen molar-refractivity contribution in [2.24, 2.45) is 15.7 Å². The molecule has 0 atom stereocenters. The minimum Gasteiger partial charge on any atom is -0.368 e. The molecule has 9 heavy (non-hydrogen) atoms. The largest absolute Gasteiger partial charge is 0.368 e. The minimum atomic E-state index is 0.178. The minimum absolute atomic E-state index is 0.178. The fourth-order valence-electron chi connectivity index (χ4n) is 0.293. The van der Waals surface area contributed by atoms with Crippen molar-refractivity contribution >= 4 is 24.8 Å². The predicted octanol–water partition coefficient (Wildman–Crippen LogP) is 0.793. The van der Waals surface area contributed by atoms with Gasteiger partial charge in [0.05, 0.1) is 5.03 Å². The lowest BCUT2D eigenvalue weighted by molar-refractivity contribution is 1.42. The van der Waals surface area contributed by atoms with Crippen LogP contribution in [0.4, 0.5) is 0 Å². The van der Waals surface area contributed by atoms with E-state index < -0.39 is 0 Å². The number of hydrogen-bond donors (Lipinski definition) is 2. The van der Waals surface area contributed by atoms with Gasteiger partial charge in [-0.15, -0.1) is 12.6 Å². The molecule has 0 heterocycles. The molecule has 0 fully saturated rings. The summed E-state index contributed by atoms with van der Waals surface area (Å²) in [5.41, 5.74) is 5.23. The van der Waals surface area contributed by atoms with E-state index in [2.05, 4.69) is 29.2 Å². The van der Waals surface area contributed by atoms with E-state index in [1.807, 2.05) is 0 Å². The van der Waals surface area contributed by atoms with Crippen molar-refractivity contribution in [1.82, 2.24) is 0 Å². The van der Waals surface area contributed by atoms with Crippen molar-refractivity contribution in [2.75, 3.05) is 0 Å². The van der Waals surface area contributed by atoms with Gasteiger partial charge in [0.2, 0.25) is 5.96 Å². The molecule has 0 rings (SSSR count). The Balaban J connectivity index is 4.00. The SMILES string of the molecule is C=C(S)N=C(N)N=CC. The van der Waals surface area contributed by atoms with Crippen molar-refractivity contribution in [3.05, 3.63) is 11.6 Å². The number of nitrogens with zero attached hydrogens (tertiary/aromatic N) is 2. The molecule has 0 aromatic carbocycles. The van der Waals surface area contributed by atoms with Crippen molar-refractivity contribution in [3.63, 3.8) is 0 Å². The molecular formula is C5H9N3S. The molecule has 50 valence electrons. The first kappa shape index (κ1) is 8.23. The molecule has 0 spiro atoms. The van der Waals surface area contributed by atoms with E-state index in [1.54, 1.807) is 13.1 Å². The normalized spacial score (nSPS) is 12.4. The maximum absolute atomic E-state index is 5.23. The summed E-state index contributed by atoms with van der Waals surface area (Å²) in [6, 6.07) is 0. The lowest BCUT2D eigenvalue weighted by Crippen LogP contribution is -2.07. The average Bonchev–Trinajstić information content (AvgIpc) is 1.63. The molecule has 0 bridgehead atoms. The summed E-state index contributed by atoms with van der Waals surface area (Å²) in [4.78, 5) is 7.29. The molecule has 0 radical (unpaired) electrons. The summed E-state index contributed by atoms with van der Waals surface area (Å²) in [5, 5.41) is 0.359. The zero-order valence-electron chi connectivity index (χ0n) is 5.20. The summed E-state index contributed by atoms with van der Waals surface area (Å²) in [5.74, 6) is 0.178. The second kappa shape index (κ2) is 4.14. The first-order valence-corrected chi connectivity index (χ1v) is 2.82. The molecule has 0 aliphatic heterocycles. The smallest absolute Gasteiger partial charge is 0.220 e. The van der Waals surface area contributed by atoms with E-state index in [1.165, 1.54) is 0 Å². The molecule has 0 saturated heterocycles. The Labute approximate surface area is 59.8 Å². The van der Waals surface area contributed by atoms with E-state index in [0.29, 0.717) is 5.03 Å². The third kappa shape index (κ3) is 5.10.